The number of alkyl halides is 3. The second-order valence-corrected chi connectivity index (χ2v) is 7.35. The van der Waals surface area contributed by atoms with Crippen LogP contribution in [-0.4, -0.2) is 34.5 Å². The van der Waals surface area contributed by atoms with Crippen LogP contribution in [0.5, 0.6) is 0 Å². The summed E-state index contributed by atoms with van der Waals surface area (Å²) in [7, 11) is 1.27. The highest BCUT2D eigenvalue weighted by atomic mass is 32.2. The molecular weight excluding hydrogens is 415 g/mol. The van der Waals surface area contributed by atoms with Crippen molar-refractivity contribution in [2.75, 3.05) is 12.4 Å². The highest BCUT2D eigenvalue weighted by Crippen LogP contribution is 2.36. The highest BCUT2D eigenvalue weighted by molar-refractivity contribution is 8.00. The number of hydrogen-bond acceptors (Lipinski definition) is 6. The number of aromatic amines is 1. The molecule has 0 saturated carbocycles. The van der Waals surface area contributed by atoms with Gasteiger partial charge in [-0.15, -0.1) is 11.3 Å². The van der Waals surface area contributed by atoms with Crippen molar-refractivity contribution in [2.45, 2.75) is 10.4 Å². The number of carbonyl (C=O) groups is 2. The van der Waals surface area contributed by atoms with Crippen LogP contribution >= 0.6 is 23.1 Å². The lowest BCUT2D eigenvalue weighted by molar-refractivity contribution is -0.0328. The average molecular weight is 427 g/mol. The third-order valence-corrected chi connectivity index (χ3v) is 4.96. The van der Waals surface area contributed by atoms with Gasteiger partial charge in [-0.1, -0.05) is 0 Å². The van der Waals surface area contributed by atoms with Crippen LogP contribution in [-0.2, 0) is 4.74 Å². The molecule has 146 valence electrons. The van der Waals surface area contributed by atoms with Crippen LogP contribution < -0.4 is 5.32 Å². The highest BCUT2D eigenvalue weighted by Gasteiger charge is 2.29. The number of thioether (sulfide) groups is 1. The lowest BCUT2D eigenvalue weighted by atomic mass is 10.2. The van der Waals surface area contributed by atoms with Gasteiger partial charge in [-0.05, 0) is 42.1 Å². The van der Waals surface area contributed by atoms with Gasteiger partial charge < -0.3 is 9.72 Å². The van der Waals surface area contributed by atoms with Gasteiger partial charge in [0.25, 0.3) is 5.91 Å². The van der Waals surface area contributed by atoms with Crippen molar-refractivity contribution in [2.24, 2.45) is 0 Å². The fourth-order valence-corrected chi connectivity index (χ4v) is 3.47. The van der Waals surface area contributed by atoms with Crippen LogP contribution in [0.15, 0.2) is 46.8 Å². The number of methoxy groups -OCH3 is 1. The number of esters is 1. The Kier molecular flexibility index (Phi) is 5.75. The number of halogens is 3. The van der Waals surface area contributed by atoms with E-state index in [-0.39, 0.29) is 27.9 Å². The van der Waals surface area contributed by atoms with Gasteiger partial charge in [-0.3, -0.25) is 10.1 Å². The zero-order valence-electron chi connectivity index (χ0n) is 14.2. The molecule has 0 aliphatic carbocycles. The van der Waals surface area contributed by atoms with Crippen molar-refractivity contribution in [3.63, 3.8) is 0 Å². The van der Waals surface area contributed by atoms with Gasteiger partial charge in [-0.2, -0.15) is 13.2 Å². The molecule has 1 amide bonds. The Balaban J connectivity index is 1.67. The van der Waals surface area contributed by atoms with E-state index in [0.29, 0.717) is 16.4 Å². The normalized spacial score (nSPS) is 11.3. The predicted octanol–water partition coefficient (Wildman–Crippen LogP) is 4.79. The van der Waals surface area contributed by atoms with E-state index >= 15 is 0 Å². The third-order valence-electron chi connectivity index (χ3n) is 3.46. The van der Waals surface area contributed by atoms with Crippen LogP contribution in [0, 0.1) is 0 Å². The minimum absolute atomic E-state index is 0.00514. The number of carbonyl (C=O) groups excluding carboxylic acids is 2. The molecule has 28 heavy (non-hydrogen) atoms. The van der Waals surface area contributed by atoms with E-state index in [1.165, 1.54) is 42.7 Å². The van der Waals surface area contributed by atoms with Crippen LogP contribution in [0.1, 0.15) is 20.8 Å². The number of anilines is 1. The van der Waals surface area contributed by atoms with E-state index in [9.17, 15) is 22.8 Å². The van der Waals surface area contributed by atoms with E-state index in [1.54, 1.807) is 17.6 Å². The summed E-state index contributed by atoms with van der Waals surface area (Å²) >= 11 is 0.930. The van der Waals surface area contributed by atoms with Crippen molar-refractivity contribution in [1.29, 1.82) is 0 Å². The predicted molar refractivity (Wildman–Crippen MR) is 99.5 cm³/mol. The molecule has 0 atom stereocenters. The largest absolute Gasteiger partial charge is 0.464 e. The molecule has 0 saturated heterocycles. The Bertz CT molecular complexity index is 997. The first-order valence-electron chi connectivity index (χ1n) is 7.65. The van der Waals surface area contributed by atoms with Crippen LogP contribution in [0.3, 0.4) is 0 Å². The van der Waals surface area contributed by atoms with Gasteiger partial charge in [0, 0.05) is 27.6 Å². The van der Waals surface area contributed by atoms with E-state index in [4.69, 9.17) is 0 Å². The third kappa shape index (κ3) is 4.93. The lowest BCUT2D eigenvalue weighted by Gasteiger charge is -2.06. The Morgan fingerprint density at radius 2 is 1.96 bits per heavy atom. The second kappa shape index (κ2) is 8.07. The summed E-state index contributed by atoms with van der Waals surface area (Å²) in [6.45, 7) is 0. The number of benzene rings is 1. The van der Waals surface area contributed by atoms with Crippen molar-refractivity contribution in [1.82, 2.24) is 9.97 Å². The molecule has 6 nitrogen and oxygen atoms in total. The molecular formula is C17H12F3N3O3S2. The Morgan fingerprint density at radius 3 is 2.61 bits per heavy atom. The molecule has 0 radical (unpaired) electrons. The van der Waals surface area contributed by atoms with Gasteiger partial charge in [-0.25, -0.2) is 9.78 Å². The van der Waals surface area contributed by atoms with Crippen molar-refractivity contribution in [3.8, 4) is 11.3 Å². The number of nitrogens with zero attached hydrogens (tertiary/aromatic N) is 1. The average Bonchev–Trinajstić information content (AvgIpc) is 3.29. The van der Waals surface area contributed by atoms with Crippen molar-refractivity contribution >= 4 is 40.1 Å². The number of aromatic nitrogens is 2. The summed E-state index contributed by atoms with van der Waals surface area (Å²) in [4.78, 5) is 30.8. The number of H-pyrrole nitrogens is 1. The zero-order chi connectivity index (χ0) is 20.3. The molecule has 3 aromatic rings. The van der Waals surface area contributed by atoms with Gasteiger partial charge in [0.2, 0.25) is 0 Å². The van der Waals surface area contributed by atoms with Crippen LogP contribution in [0.4, 0.5) is 18.3 Å². The fourth-order valence-electron chi connectivity index (χ4n) is 2.21. The van der Waals surface area contributed by atoms with Gasteiger partial charge in [0.1, 0.15) is 5.69 Å². The maximum atomic E-state index is 12.3. The molecule has 0 bridgehead atoms. The molecule has 2 N–H and O–H groups in total. The maximum absolute atomic E-state index is 12.3. The summed E-state index contributed by atoms with van der Waals surface area (Å²) < 4.78 is 41.7. The number of amides is 1. The summed E-state index contributed by atoms with van der Waals surface area (Å²) in [5.41, 5.74) is -2.72. The molecule has 2 heterocycles. The summed E-state index contributed by atoms with van der Waals surface area (Å²) in [5.74, 6) is -1.00. The molecule has 0 aliphatic heterocycles. The molecule has 1 aromatic carbocycles. The Morgan fingerprint density at radius 1 is 1.25 bits per heavy atom. The maximum Gasteiger partial charge on any atom is 0.446 e. The van der Waals surface area contributed by atoms with Crippen LogP contribution in [0.2, 0.25) is 0 Å². The Labute approximate surface area is 165 Å². The SMILES string of the molecule is COC(=O)c1cc(-c2csc(NC(=O)c3ccc(SC(F)(F)F)cc3)n2)c[nH]1. The molecule has 0 aliphatic rings. The number of hydrogen-bond donors (Lipinski definition) is 2. The van der Waals surface area contributed by atoms with Crippen molar-refractivity contribution < 1.29 is 27.5 Å². The van der Waals surface area contributed by atoms with Gasteiger partial charge in [0.05, 0.1) is 12.8 Å². The van der Waals surface area contributed by atoms with E-state index in [0.717, 1.165) is 0 Å². The van der Waals surface area contributed by atoms with Crippen molar-refractivity contribution in [3.05, 3.63) is 53.2 Å². The monoisotopic (exact) mass is 427 g/mol. The Hall–Kier alpha value is -2.79. The second-order valence-electron chi connectivity index (χ2n) is 5.36. The van der Waals surface area contributed by atoms with Gasteiger partial charge >= 0.3 is 11.5 Å². The number of rotatable bonds is 5. The topological polar surface area (TPSA) is 84.1 Å². The first-order valence-corrected chi connectivity index (χ1v) is 9.34. The van der Waals surface area contributed by atoms with E-state index in [1.807, 2.05) is 0 Å². The van der Waals surface area contributed by atoms with Gasteiger partial charge in [0.15, 0.2) is 5.13 Å². The molecule has 0 spiro atoms. The van der Waals surface area contributed by atoms with E-state index < -0.39 is 17.4 Å². The van der Waals surface area contributed by atoms with E-state index in [2.05, 4.69) is 20.0 Å². The first-order chi connectivity index (χ1) is 13.2. The minimum Gasteiger partial charge on any atom is -0.464 e. The number of ether oxygens (including phenoxy) is 1. The van der Waals surface area contributed by atoms with Crippen LogP contribution in [0.25, 0.3) is 11.3 Å². The fraction of sp³-hybridized carbons (Fsp3) is 0.118. The minimum atomic E-state index is -4.38. The molecule has 3 rings (SSSR count). The smallest absolute Gasteiger partial charge is 0.446 e. The molecule has 11 heteroatoms. The number of nitrogens with one attached hydrogen (secondary N) is 2. The summed E-state index contributed by atoms with van der Waals surface area (Å²) in [5, 5.41) is 4.61. The first kappa shape index (κ1) is 20.0. The molecule has 0 unspecified atom stereocenters. The zero-order valence-corrected chi connectivity index (χ0v) is 15.8. The number of thiazole rings is 1. The standard InChI is InChI=1S/C17H12F3N3O3S2/c1-26-15(25)12-6-10(7-21-12)13-8-27-16(22-13)23-14(24)9-2-4-11(5-3-9)28-17(18,19)20/h2-8,21H,1H3,(H,22,23,24). The lowest BCUT2D eigenvalue weighted by Crippen LogP contribution is -2.11. The summed E-state index contributed by atoms with van der Waals surface area (Å²) in [6.07, 6.45) is 1.59. The summed E-state index contributed by atoms with van der Waals surface area (Å²) in [6, 6.07) is 6.66. The molecule has 0 fully saturated rings. The quantitative estimate of drug-likeness (QED) is 0.452. The molecule has 2 aromatic heterocycles.